The standard InChI is InChI=1S/C20H31N3O/c1-4-23(5-2)19(24)20(17-9-7-6-8-10-17)15-18(20)16-22-13-11-21(3)12-14-22/h6-10,18H,4-5,11-16H2,1-3H3/t18?,20-/m1/s1. The molecule has 4 nitrogen and oxygen atoms in total. The highest BCUT2D eigenvalue weighted by molar-refractivity contribution is 5.92. The minimum atomic E-state index is -0.281. The lowest BCUT2D eigenvalue weighted by molar-refractivity contribution is -0.134. The van der Waals surface area contributed by atoms with Crippen molar-refractivity contribution in [2.24, 2.45) is 5.92 Å². The third kappa shape index (κ3) is 3.22. The van der Waals surface area contributed by atoms with Crippen LogP contribution in [0.1, 0.15) is 25.8 Å². The van der Waals surface area contributed by atoms with Crippen LogP contribution in [0.5, 0.6) is 0 Å². The molecule has 0 spiro atoms. The van der Waals surface area contributed by atoms with E-state index in [1.807, 2.05) is 11.0 Å². The third-order valence-electron chi connectivity index (χ3n) is 5.90. The quantitative estimate of drug-likeness (QED) is 0.799. The van der Waals surface area contributed by atoms with E-state index >= 15 is 0 Å². The van der Waals surface area contributed by atoms with E-state index in [1.54, 1.807) is 0 Å². The molecule has 0 bridgehead atoms. The molecule has 1 heterocycles. The van der Waals surface area contributed by atoms with Gasteiger partial charge in [-0.1, -0.05) is 30.3 Å². The number of nitrogens with zero attached hydrogens (tertiary/aromatic N) is 3. The average molecular weight is 329 g/mol. The molecule has 2 atom stereocenters. The Kier molecular flexibility index (Phi) is 5.26. The minimum Gasteiger partial charge on any atom is -0.342 e. The number of benzene rings is 1. The highest BCUT2D eigenvalue weighted by atomic mass is 16.2. The highest BCUT2D eigenvalue weighted by Crippen LogP contribution is 2.55. The zero-order valence-electron chi connectivity index (χ0n) is 15.4. The summed E-state index contributed by atoms with van der Waals surface area (Å²) in [5.74, 6) is 0.786. The summed E-state index contributed by atoms with van der Waals surface area (Å²) < 4.78 is 0. The van der Waals surface area contributed by atoms with E-state index in [2.05, 4.69) is 55.0 Å². The molecular weight excluding hydrogens is 298 g/mol. The Balaban J connectivity index is 1.77. The molecule has 2 aliphatic rings. The van der Waals surface area contributed by atoms with Crippen molar-refractivity contribution in [2.45, 2.75) is 25.7 Å². The van der Waals surface area contributed by atoms with E-state index in [9.17, 15) is 4.79 Å². The molecule has 0 radical (unpaired) electrons. The molecule has 1 aromatic rings. The number of likely N-dealkylation sites (N-methyl/N-ethyl adjacent to an activating group) is 2. The van der Waals surface area contributed by atoms with Crippen LogP contribution in [0.25, 0.3) is 0 Å². The van der Waals surface area contributed by atoms with Crippen molar-refractivity contribution >= 4 is 5.91 Å². The number of amides is 1. The fourth-order valence-electron chi connectivity index (χ4n) is 4.16. The molecule has 4 heteroatoms. The van der Waals surface area contributed by atoms with E-state index in [0.717, 1.165) is 52.2 Å². The smallest absolute Gasteiger partial charge is 0.233 e. The van der Waals surface area contributed by atoms with Crippen molar-refractivity contribution in [3.63, 3.8) is 0 Å². The van der Waals surface area contributed by atoms with Crippen molar-refractivity contribution in [1.82, 2.24) is 14.7 Å². The fourth-order valence-corrected chi connectivity index (χ4v) is 4.16. The second kappa shape index (κ2) is 7.24. The Morgan fingerprint density at radius 2 is 1.75 bits per heavy atom. The second-order valence-corrected chi connectivity index (χ2v) is 7.32. The van der Waals surface area contributed by atoms with Crippen molar-refractivity contribution in [3.05, 3.63) is 35.9 Å². The van der Waals surface area contributed by atoms with Crippen molar-refractivity contribution < 1.29 is 4.79 Å². The van der Waals surface area contributed by atoms with Gasteiger partial charge in [-0.2, -0.15) is 0 Å². The summed E-state index contributed by atoms with van der Waals surface area (Å²) in [6.45, 7) is 11.3. The van der Waals surface area contributed by atoms with E-state index in [0.29, 0.717) is 11.8 Å². The lowest BCUT2D eigenvalue weighted by Crippen LogP contribution is -2.46. The zero-order chi connectivity index (χ0) is 17.2. The first-order valence-electron chi connectivity index (χ1n) is 9.37. The molecule has 0 N–H and O–H groups in total. The first-order valence-corrected chi connectivity index (χ1v) is 9.37. The first kappa shape index (κ1) is 17.4. The fraction of sp³-hybridized carbons (Fsp3) is 0.650. The van der Waals surface area contributed by atoms with Gasteiger partial charge in [-0.05, 0) is 38.8 Å². The summed E-state index contributed by atoms with van der Waals surface area (Å²) in [5.41, 5.74) is 0.928. The van der Waals surface area contributed by atoms with Gasteiger partial charge in [0.2, 0.25) is 5.91 Å². The van der Waals surface area contributed by atoms with Gasteiger partial charge in [0, 0.05) is 45.8 Å². The van der Waals surface area contributed by atoms with Crippen LogP contribution < -0.4 is 0 Å². The predicted molar refractivity (Wildman–Crippen MR) is 98.1 cm³/mol. The largest absolute Gasteiger partial charge is 0.342 e. The van der Waals surface area contributed by atoms with Gasteiger partial charge in [0.1, 0.15) is 0 Å². The van der Waals surface area contributed by atoms with Crippen LogP contribution in [0, 0.1) is 5.92 Å². The molecule has 1 unspecified atom stereocenters. The molecule has 24 heavy (non-hydrogen) atoms. The Bertz CT molecular complexity index is 549. The van der Waals surface area contributed by atoms with Crippen LogP contribution in [-0.4, -0.2) is 73.5 Å². The number of carbonyl (C=O) groups is 1. The average Bonchev–Trinajstić information content (AvgIpc) is 3.34. The van der Waals surface area contributed by atoms with Crippen LogP contribution in [0.2, 0.25) is 0 Å². The zero-order valence-corrected chi connectivity index (χ0v) is 15.4. The lowest BCUT2D eigenvalue weighted by Gasteiger charge is -2.33. The molecule has 1 saturated heterocycles. The predicted octanol–water partition coefficient (Wildman–Crippen LogP) is 2.06. The number of carbonyl (C=O) groups excluding carboxylic acids is 1. The Morgan fingerprint density at radius 3 is 2.33 bits per heavy atom. The summed E-state index contributed by atoms with van der Waals surface area (Å²) in [4.78, 5) is 20.2. The van der Waals surface area contributed by atoms with E-state index in [-0.39, 0.29) is 5.41 Å². The molecule has 132 valence electrons. The molecule has 1 aromatic carbocycles. The van der Waals surface area contributed by atoms with Crippen LogP contribution in [0.4, 0.5) is 0 Å². The topological polar surface area (TPSA) is 26.8 Å². The van der Waals surface area contributed by atoms with Gasteiger partial charge < -0.3 is 14.7 Å². The van der Waals surface area contributed by atoms with E-state index in [4.69, 9.17) is 0 Å². The molecule has 1 amide bonds. The molecule has 1 aliphatic heterocycles. The van der Waals surface area contributed by atoms with Crippen LogP contribution in [0.3, 0.4) is 0 Å². The summed E-state index contributed by atoms with van der Waals surface area (Å²) in [5, 5.41) is 0. The van der Waals surface area contributed by atoms with Gasteiger partial charge in [-0.25, -0.2) is 0 Å². The van der Waals surface area contributed by atoms with Crippen molar-refractivity contribution in [1.29, 1.82) is 0 Å². The Hall–Kier alpha value is -1.39. The SMILES string of the molecule is CCN(CC)C(=O)[C@@]1(c2ccccc2)CC1CN1CCN(C)CC1. The van der Waals surface area contributed by atoms with Crippen LogP contribution in [-0.2, 0) is 10.2 Å². The Labute approximate surface area is 146 Å². The van der Waals surface area contributed by atoms with Gasteiger partial charge in [0.15, 0.2) is 0 Å². The Morgan fingerprint density at radius 1 is 1.12 bits per heavy atom. The second-order valence-electron chi connectivity index (χ2n) is 7.32. The monoisotopic (exact) mass is 329 g/mol. The van der Waals surface area contributed by atoms with Gasteiger partial charge in [0.05, 0.1) is 5.41 Å². The summed E-state index contributed by atoms with van der Waals surface area (Å²) in [7, 11) is 2.19. The number of hydrogen-bond donors (Lipinski definition) is 0. The third-order valence-corrected chi connectivity index (χ3v) is 5.90. The molecule has 1 saturated carbocycles. The molecule has 2 fully saturated rings. The summed E-state index contributed by atoms with van der Waals surface area (Å²) in [6, 6.07) is 10.5. The van der Waals surface area contributed by atoms with Gasteiger partial charge in [-0.3, -0.25) is 4.79 Å². The van der Waals surface area contributed by atoms with Crippen molar-refractivity contribution in [2.75, 3.05) is 52.9 Å². The highest BCUT2D eigenvalue weighted by Gasteiger charge is 2.61. The maximum atomic E-state index is 13.3. The maximum absolute atomic E-state index is 13.3. The normalized spacial score (nSPS) is 27.9. The van der Waals surface area contributed by atoms with E-state index in [1.165, 1.54) is 5.56 Å². The van der Waals surface area contributed by atoms with Crippen LogP contribution in [0.15, 0.2) is 30.3 Å². The number of hydrogen-bond acceptors (Lipinski definition) is 3. The maximum Gasteiger partial charge on any atom is 0.233 e. The van der Waals surface area contributed by atoms with Gasteiger partial charge in [-0.15, -0.1) is 0 Å². The molecule has 0 aromatic heterocycles. The lowest BCUT2D eigenvalue weighted by atomic mass is 9.91. The van der Waals surface area contributed by atoms with Crippen molar-refractivity contribution in [3.8, 4) is 0 Å². The molecule has 3 rings (SSSR count). The summed E-state index contributed by atoms with van der Waals surface area (Å²) >= 11 is 0. The van der Waals surface area contributed by atoms with Gasteiger partial charge in [0.25, 0.3) is 0 Å². The molecule has 1 aliphatic carbocycles. The minimum absolute atomic E-state index is 0.281. The van der Waals surface area contributed by atoms with Gasteiger partial charge >= 0.3 is 0 Å². The summed E-state index contributed by atoms with van der Waals surface area (Å²) in [6.07, 6.45) is 0.999. The first-order chi connectivity index (χ1) is 11.6. The number of piperazine rings is 1. The molecular formula is C20H31N3O. The van der Waals surface area contributed by atoms with Crippen LogP contribution >= 0.6 is 0 Å². The number of rotatable bonds is 6. The van der Waals surface area contributed by atoms with E-state index < -0.39 is 0 Å².